The van der Waals surface area contributed by atoms with E-state index in [0.717, 1.165) is 36.6 Å². The van der Waals surface area contributed by atoms with Gasteiger partial charge in [0.25, 0.3) is 0 Å². The van der Waals surface area contributed by atoms with E-state index < -0.39 is 0 Å². The summed E-state index contributed by atoms with van der Waals surface area (Å²) < 4.78 is 0. The maximum Gasteiger partial charge on any atom is 0.224 e. The van der Waals surface area contributed by atoms with Gasteiger partial charge in [-0.2, -0.15) is 0 Å². The molecule has 1 aromatic rings. The maximum atomic E-state index is 5.81. The summed E-state index contributed by atoms with van der Waals surface area (Å²) >= 11 is 5.81. The van der Waals surface area contributed by atoms with Crippen molar-refractivity contribution < 1.29 is 0 Å². The van der Waals surface area contributed by atoms with Crippen molar-refractivity contribution in [1.29, 1.82) is 0 Å². The third kappa shape index (κ3) is 3.94. The van der Waals surface area contributed by atoms with Gasteiger partial charge in [0.1, 0.15) is 5.82 Å². The molecule has 0 saturated carbocycles. The molecule has 4 nitrogen and oxygen atoms in total. The van der Waals surface area contributed by atoms with Gasteiger partial charge in [0.05, 0.1) is 0 Å². The number of rotatable bonds is 5. The van der Waals surface area contributed by atoms with Crippen LogP contribution in [0.3, 0.4) is 0 Å². The first-order valence-corrected chi connectivity index (χ1v) is 5.78. The third-order valence-corrected chi connectivity index (χ3v) is 2.61. The van der Waals surface area contributed by atoms with Gasteiger partial charge in [0.15, 0.2) is 0 Å². The lowest BCUT2D eigenvalue weighted by atomic mass is 10.2. The van der Waals surface area contributed by atoms with E-state index in [2.05, 4.69) is 34.3 Å². The Kier molecular flexibility index (Phi) is 4.96. The Morgan fingerprint density at radius 1 is 1.25 bits per heavy atom. The van der Waals surface area contributed by atoms with Crippen molar-refractivity contribution >= 4 is 17.4 Å². The van der Waals surface area contributed by atoms with E-state index in [1.165, 1.54) is 0 Å². The lowest BCUT2D eigenvalue weighted by molar-refractivity contribution is 0.405. The molecular weight excluding hydrogens is 224 g/mol. The van der Waals surface area contributed by atoms with Crippen LogP contribution >= 0.6 is 11.6 Å². The first kappa shape index (κ1) is 13.2. The Morgan fingerprint density at radius 3 is 2.56 bits per heavy atom. The van der Waals surface area contributed by atoms with E-state index in [1.54, 1.807) is 0 Å². The molecule has 0 aromatic carbocycles. The van der Waals surface area contributed by atoms with Crippen LogP contribution in [-0.2, 0) is 0 Å². The van der Waals surface area contributed by atoms with E-state index in [-0.39, 0.29) is 0 Å². The van der Waals surface area contributed by atoms with E-state index in [9.17, 15) is 0 Å². The van der Waals surface area contributed by atoms with E-state index in [0.29, 0.717) is 5.28 Å². The number of anilines is 1. The van der Waals surface area contributed by atoms with Gasteiger partial charge in [-0.15, -0.1) is 0 Å². The maximum absolute atomic E-state index is 5.81. The monoisotopic (exact) mass is 242 g/mol. The summed E-state index contributed by atoms with van der Waals surface area (Å²) in [4.78, 5) is 10.4. The molecule has 0 spiro atoms. The average molecular weight is 243 g/mol. The Bertz CT molecular complexity index is 352. The van der Waals surface area contributed by atoms with Crippen molar-refractivity contribution in [2.24, 2.45) is 0 Å². The number of nitrogens with zero attached hydrogens (tertiary/aromatic N) is 3. The Balaban J connectivity index is 2.53. The molecule has 0 saturated heterocycles. The molecule has 16 heavy (non-hydrogen) atoms. The standard InChI is InChI=1S/C11H19ClN4/c1-8-9(2)14-11(12)15-10(8)13-6-5-7-16(3)4/h5-7H2,1-4H3,(H,13,14,15). The van der Waals surface area contributed by atoms with E-state index in [4.69, 9.17) is 11.6 Å². The number of nitrogens with one attached hydrogen (secondary N) is 1. The minimum atomic E-state index is 0.304. The Morgan fingerprint density at radius 2 is 1.94 bits per heavy atom. The van der Waals surface area contributed by atoms with Crippen LogP contribution in [0.1, 0.15) is 17.7 Å². The van der Waals surface area contributed by atoms with Crippen LogP contribution < -0.4 is 5.32 Å². The molecule has 1 aromatic heterocycles. The third-order valence-electron chi connectivity index (χ3n) is 2.44. The van der Waals surface area contributed by atoms with Crippen LogP contribution in [0.2, 0.25) is 5.28 Å². The second-order valence-electron chi connectivity index (χ2n) is 4.14. The minimum absolute atomic E-state index is 0.304. The minimum Gasteiger partial charge on any atom is -0.370 e. The van der Waals surface area contributed by atoms with Gasteiger partial charge in [-0.05, 0) is 52.5 Å². The number of aromatic nitrogens is 2. The first-order valence-electron chi connectivity index (χ1n) is 5.40. The highest BCUT2D eigenvalue weighted by atomic mass is 35.5. The van der Waals surface area contributed by atoms with Crippen molar-refractivity contribution in [1.82, 2.24) is 14.9 Å². The quantitative estimate of drug-likeness (QED) is 0.634. The summed E-state index contributed by atoms with van der Waals surface area (Å²) in [6.07, 6.45) is 1.08. The fourth-order valence-electron chi connectivity index (χ4n) is 1.37. The van der Waals surface area contributed by atoms with Crippen molar-refractivity contribution in [3.05, 3.63) is 16.5 Å². The highest BCUT2D eigenvalue weighted by Crippen LogP contribution is 2.16. The van der Waals surface area contributed by atoms with Gasteiger partial charge in [0, 0.05) is 17.8 Å². The molecule has 90 valence electrons. The van der Waals surface area contributed by atoms with Crippen LogP contribution in [0, 0.1) is 13.8 Å². The molecule has 0 amide bonds. The largest absolute Gasteiger partial charge is 0.370 e. The van der Waals surface area contributed by atoms with Crippen LogP contribution in [-0.4, -0.2) is 42.1 Å². The van der Waals surface area contributed by atoms with Crippen molar-refractivity contribution in [2.45, 2.75) is 20.3 Å². The zero-order valence-electron chi connectivity index (χ0n) is 10.3. The lowest BCUT2D eigenvalue weighted by Crippen LogP contribution is -2.17. The molecular formula is C11H19ClN4. The normalized spacial score (nSPS) is 10.9. The molecule has 0 aliphatic rings. The molecule has 1 heterocycles. The van der Waals surface area contributed by atoms with Crippen molar-refractivity contribution in [3.8, 4) is 0 Å². The molecule has 0 radical (unpaired) electrons. The molecule has 0 unspecified atom stereocenters. The fourth-order valence-corrected chi connectivity index (χ4v) is 1.58. The molecule has 5 heteroatoms. The summed E-state index contributed by atoms with van der Waals surface area (Å²) in [6.45, 7) is 5.89. The van der Waals surface area contributed by atoms with Gasteiger partial charge in [-0.3, -0.25) is 0 Å². The molecule has 1 rings (SSSR count). The van der Waals surface area contributed by atoms with Crippen LogP contribution in [0.15, 0.2) is 0 Å². The SMILES string of the molecule is Cc1nc(Cl)nc(NCCCN(C)C)c1C. The summed E-state index contributed by atoms with van der Waals surface area (Å²) in [5.41, 5.74) is 1.99. The van der Waals surface area contributed by atoms with Crippen LogP contribution in [0.25, 0.3) is 0 Å². The smallest absolute Gasteiger partial charge is 0.224 e. The summed E-state index contributed by atoms with van der Waals surface area (Å²) in [5.74, 6) is 0.844. The topological polar surface area (TPSA) is 41.1 Å². The van der Waals surface area contributed by atoms with Gasteiger partial charge in [0.2, 0.25) is 5.28 Å². The van der Waals surface area contributed by atoms with Crippen molar-refractivity contribution in [3.63, 3.8) is 0 Å². The van der Waals surface area contributed by atoms with Gasteiger partial charge in [-0.1, -0.05) is 0 Å². The predicted octanol–water partition coefficient (Wildman–Crippen LogP) is 2.11. The van der Waals surface area contributed by atoms with E-state index in [1.807, 2.05) is 13.8 Å². The predicted molar refractivity (Wildman–Crippen MR) is 68.2 cm³/mol. The number of hydrogen-bond acceptors (Lipinski definition) is 4. The zero-order chi connectivity index (χ0) is 12.1. The van der Waals surface area contributed by atoms with Gasteiger partial charge in [-0.25, -0.2) is 9.97 Å². The van der Waals surface area contributed by atoms with E-state index >= 15 is 0 Å². The lowest BCUT2D eigenvalue weighted by Gasteiger charge is -2.12. The second-order valence-corrected chi connectivity index (χ2v) is 4.47. The summed E-state index contributed by atoms with van der Waals surface area (Å²) in [6, 6.07) is 0. The Hall–Kier alpha value is -0.870. The molecule has 0 aliphatic heterocycles. The highest BCUT2D eigenvalue weighted by Gasteiger charge is 2.05. The first-order chi connectivity index (χ1) is 7.50. The highest BCUT2D eigenvalue weighted by molar-refractivity contribution is 6.28. The molecule has 0 atom stereocenters. The number of halogens is 1. The summed E-state index contributed by atoms with van der Waals surface area (Å²) in [7, 11) is 4.13. The van der Waals surface area contributed by atoms with Crippen molar-refractivity contribution in [2.75, 3.05) is 32.5 Å². The molecule has 0 bridgehead atoms. The van der Waals surface area contributed by atoms with Crippen LogP contribution in [0.5, 0.6) is 0 Å². The molecule has 1 N–H and O–H groups in total. The Labute approximate surface area is 102 Å². The molecule has 0 fully saturated rings. The van der Waals surface area contributed by atoms with Gasteiger partial charge < -0.3 is 10.2 Å². The molecule has 0 aliphatic carbocycles. The second kappa shape index (κ2) is 6.01. The fraction of sp³-hybridized carbons (Fsp3) is 0.636. The van der Waals surface area contributed by atoms with Crippen LogP contribution in [0.4, 0.5) is 5.82 Å². The zero-order valence-corrected chi connectivity index (χ0v) is 11.1. The van der Waals surface area contributed by atoms with Gasteiger partial charge >= 0.3 is 0 Å². The average Bonchev–Trinajstić information content (AvgIpc) is 2.19. The summed E-state index contributed by atoms with van der Waals surface area (Å²) in [5, 5.41) is 3.59. The number of hydrogen-bond donors (Lipinski definition) is 1. The number of aryl methyl sites for hydroxylation is 1.